The molecular weight excluding hydrogens is 340 g/mol. The second-order valence-electron chi connectivity index (χ2n) is 5.06. The molecule has 0 aromatic heterocycles. The molecule has 0 radical (unpaired) electrons. The summed E-state index contributed by atoms with van der Waals surface area (Å²) in [5.41, 5.74) is 10.3. The first-order valence-electron chi connectivity index (χ1n) is 7.16. The summed E-state index contributed by atoms with van der Waals surface area (Å²) in [5, 5.41) is 12.6. The Morgan fingerprint density at radius 2 is 2.21 bits per heavy atom. The SMILES string of the molecule is CC(C)OC(=O)O[C@@H]1C[C@@H](CO)O[C@H]1NC(=O)S/C=C/N=C(N)N. The van der Waals surface area contributed by atoms with Crippen LogP contribution in [0.5, 0.6) is 0 Å². The number of amides is 1. The number of ether oxygens (including phenoxy) is 3. The fourth-order valence-corrected chi connectivity index (χ4v) is 2.22. The van der Waals surface area contributed by atoms with Gasteiger partial charge in [-0.1, -0.05) is 0 Å². The molecule has 1 fully saturated rings. The van der Waals surface area contributed by atoms with Gasteiger partial charge in [-0.05, 0) is 31.0 Å². The zero-order valence-electron chi connectivity index (χ0n) is 13.4. The molecular formula is C13H22N4O6S. The third-order valence-electron chi connectivity index (χ3n) is 2.67. The van der Waals surface area contributed by atoms with E-state index in [0.29, 0.717) is 0 Å². The number of aliphatic hydroxyl groups excluding tert-OH is 1. The molecule has 0 aromatic rings. The van der Waals surface area contributed by atoms with E-state index in [2.05, 4.69) is 10.3 Å². The minimum atomic E-state index is -0.890. The van der Waals surface area contributed by atoms with E-state index < -0.39 is 29.8 Å². The molecule has 1 rings (SSSR count). The number of guanidine groups is 1. The van der Waals surface area contributed by atoms with Crippen molar-refractivity contribution >= 4 is 29.1 Å². The molecule has 1 aliphatic heterocycles. The van der Waals surface area contributed by atoms with Gasteiger partial charge in [0.1, 0.15) is 0 Å². The summed E-state index contributed by atoms with van der Waals surface area (Å²) in [7, 11) is 0. The van der Waals surface area contributed by atoms with Gasteiger partial charge in [-0.3, -0.25) is 4.79 Å². The van der Waals surface area contributed by atoms with Crippen LogP contribution in [0.4, 0.5) is 9.59 Å². The zero-order chi connectivity index (χ0) is 18.1. The summed E-state index contributed by atoms with van der Waals surface area (Å²) < 4.78 is 15.4. The monoisotopic (exact) mass is 362 g/mol. The maximum Gasteiger partial charge on any atom is 0.508 e. The van der Waals surface area contributed by atoms with E-state index in [-0.39, 0.29) is 25.1 Å². The minimum absolute atomic E-state index is 0.130. The fraction of sp³-hybridized carbons (Fsp3) is 0.615. The molecule has 3 atom stereocenters. The molecule has 0 unspecified atom stereocenters. The highest BCUT2D eigenvalue weighted by Gasteiger charge is 2.39. The first-order valence-corrected chi connectivity index (χ1v) is 8.04. The van der Waals surface area contributed by atoms with Crippen molar-refractivity contribution in [3.8, 4) is 0 Å². The van der Waals surface area contributed by atoms with Gasteiger partial charge < -0.3 is 36.1 Å². The van der Waals surface area contributed by atoms with Gasteiger partial charge in [0.2, 0.25) is 0 Å². The van der Waals surface area contributed by atoms with Crippen molar-refractivity contribution in [3.63, 3.8) is 0 Å². The third kappa shape index (κ3) is 7.53. The minimum Gasteiger partial charge on any atom is -0.432 e. The first-order chi connectivity index (χ1) is 11.3. The summed E-state index contributed by atoms with van der Waals surface area (Å²) in [6.07, 6.45) is -1.90. The molecule has 6 N–H and O–H groups in total. The Morgan fingerprint density at radius 3 is 2.79 bits per heavy atom. The summed E-state index contributed by atoms with van der Waals surface area (Å²) >= 11 is 0.783. The van der Waals surface area contributed by atoms with Crippen molar-refractivity contribution in [1.82, 2.24) is 5.32 Å². The van der Waals surface area contributed by atoms with E-state index in [0.717, 1.165) is 11.8 Å². The molecule has 0 saturated carbocycles. The number of thioether (sulfide) groups is 1. The number of aliphatic hydroxyl groups is 1. The van der Waals surface area contributed by atoms with E-state index in [9.17, 15) is 14.7 Å². The maximum atomic E-state index is 11.8. The number of nitrogens with two attached hydrogens (primary N) is 2. The molecule has 0 spiro atoms. The van der Waals surface area contributed by atoms with Gasteiger partial charge in [-0.2, -0.15) is 0 Å². The molecule has 0 aliphatic carbocycles. The van der Waals surface area contributed by atoms with Gasteiger partial charge in [-0.25, -0.2) is 9.79 Å². The van der Waals surface area contributed by atoms with Crippen molar-refractivity contribution in [2.24, 2.45) is 16.5 Å². The smallest absolute Gasteiger partial charge is 0.432 e. The molecule has 10 nitrogen and oxygen atoms in total. The van der Waals surface area contributed by atoms with Crippen molar-refractivity contribution in [1.29, 1.82) is 0 Å². The van der Waals surface area contributed by atoms with Crippen LogP contribution in [0.1, 0.15) is 20.3 Å². The van der Waals surface area contributed by atoms with E-state index >= 15 is 0 Å². The Kier molecular flexibility index (Phi) is 8.36. The second kappa shape index (κ2) is 10.0. The highest BCUT2D eigenvalue weighted by atomic mass is 32.2. The predicted octanol–water partition coefficient (Wildman–Crippen LogP) is 0.211. The highest BCUT2D eigenvalue weighted by Crippen LogP contribution is 2.23. The molecule has 0 aromatic carbocycles. The predicted molar refractivity (Wildman–Crippen MR) is 87.9 cm³/mol. The van der Waals surface area contributed by atoms with E-state index in [4.69, 9.17) is 25.7 Å². The second-order valence-corrected chi connectivity index (χ2v) is 5.94. The number of carbonyl (C=O) groups is 2. The lowest BCUT2D eigenvalue weighted by atomic mass is 10.2. The van der Waals surface area contributed by atoms with Gasteiger partial charge in [0.25, 0.3) is 5.24 Å². The number of carbonyl (C=O) groups excluding carboxylic acids is 2. The standard InChI is InChI=1S/C13H22N4O6S/c1-7(2)21-13(20)23-9-5-8(6-18)22-10(9)17-12(19)24-4-3-16-11(14)15/h3-4,7-10,18H,5-6H2,1-2H3,(H,17,19)(H4,14,15,16)/b4-3+/t8-,9+,10+/m0/s1. The number of aliphatic imine (C=N–C) groups is 1. The molecule has 1 aliphatic rings. The van der Waals surface area contributed by atoms with Gasteiger partial charge in [0.05, 0.1) is 18.8 Å². The van der Waals surface area contributed by atoms with Crippen LogP contribution in [-0.4, -0.2) is 53.6 Å². The number of nitrogens with one attached hydrogen (secondary N) is 1. The summed E-state index contributed by atoms with van der Waals surface area (Å²) in [6, 6.07) is 0. The average molecular weight is 362 g/mol. The van der Waals surface area contributed by atoms with Crippen molar-refractivity contribution in [2.45, 2.75) is 44.8 Å². The summed E-state index contributed by atoms with van der Waals surface area (Å²) in [4.78, 5) is 27.0. The highest BCUT2D eigenvalue weighted by molar-refractivity contribution is 8.16. The van der Waals surface area contributed by atoms with Gasteiger partial charge in [0, 0.05) is 12.6 Å². The van der Waals surface area contributed by atoms with Crippen LogP contribution in [0.15, 0.2) is 16.6 Å². The van der Waals surface area contributed by atoms with Gasteiger partial charge in [0.15, 0.2) is 18.3 Å². The van der Waals surface area contributed by atoms with Crippen LogP contribution in [0.2, 0.25) is 0 Å². The number of nitrogens with zero attached hydrogens (tertiary/aromatic N) is 1. The Hall–Kier alpha value is -1.98. The van der Waals surface area contributed by atoms with Crippen LogP contribution in [-0.2, 0) is 14.2 Å². The molecule has 1 amide bonds. The fourth-order valence-electron chi connectivity index (χ4n) is 1.79. The van der Waals surface area contributed by atoms with Crippen molar-refractivity contribution in [3.05, 3.63) is 11.6 Å². The molecule has 1 saturated heterocycles. The van der Waals surface area contributed by atoms with Crippen LogP contribution in [0, 0.1) is 0 Å². The van der Waals surface area contributed by atoms with E-state index in [1.807, 2.05) is 0 Å². The zero-order valence-corrected chi connectivity index (χ0v) is 14.2. The lowest BCUT2D eigenvalue weighted by Gasteiger charge is -2.20. The average Bonchev–Trinajstić information content (AvgIpc) is 2.84. The Labute approximate surface area is 143 Å². The number of hydrogen-bond donors (Lipinski definition) is 4. The lowest BCUT2D eigenvalue weighted by Crippen LogP contribution is -2.41. The van der Waals surface area contributed by atoms with Crippen LogP contribution in [0.3, 0.4) is 0 Å². The third-order valence-corrected chi connectivity index (χ3v) is 3.26. The van der Waals surface area contributed by atoms with E-state index in [1.54, 1.807) is 13.8 Å². The quantitative estimate of drug-likeness (QED) is 0.294. The lowest BCUT2D eigenvalue weighted by molar-refractivity contribution is -0.0416. The molecule has 136 valence electrons. The van der Waals surface area contributed by atoms with Crippen LogP contribution in [0.25, 0.3) is 0 Å². The number of rotatable bonds is 6. The molecule has 24 heavy (non-hydrogen) atoms. The molecule has 0 bridgehead atoms. The van der Waals surface area contributed by atoms with Gasteiger partial charge in [-0.15, -0.1) is 0 Å². The Balaban J connectivity index is 2.55. The summed E-state index contributed by atoms with van der Waals surface area (Å²) in [5.74, 6) is -0.130. The Bertz CT molecular complexity index is 495. The number of hydrogen-bond acceptors (Lipinski definition) is 8. The van der Waals surface area contributed by atoms with Crippen LogP contribution < -0.4 is 16.8 Å². The summed E-state index contributed by atoms with van der Waals surface area (Å²) in [6.45, 7) is 3.10. The largest absolute Gasteiger partial charge is 0.508 e. The molecule has 1 heterocycles. The normalized spacial score (nSPS) is 23.2. The van der Waals surface area contributed by atoms with Crippen LogP contribution >= 0.6 is 11.8 Å². The Morgan fingerprint density at radius 1 is 1.50 bits per heavy atom. The van der Waals surface area contributed by atoms with Crippen molar-refractivity contribution < 1.29 is 28.9 Å². The first kappa shape index (κ1) is 20.1. The topological polar surface area (TPSA) is 158 Å². The maximum absolute atomic E-state index is 11.8. The van der Waals surface area contributed by atoms with E-state index in [1.165, 1.54) is 11.6 Å². The van der Waals surface area contributed by atoms with Crippen molar-refractivity contribution in [2.75, 3.05) is 6.61 Å². The molecule has 11 heteroatoms. The van der Waals surface area contributed by atoms with Gasteiger partial charge >= 0.3 is 6.16 Å².